The number of anilines is 2. The van der Waals surface area contributed by atoms with Crippen molar-refractivity contribution in [3.63, 3.8) is 0 Å². The van der Waals surface area contributed by atoms with E-state index in [0.717, 1.165) is 0 Å². The number of hydrogen-bond acceptors (Lipinski definition) is 5. The van der Waals surface area contributed by atoms with Crippen LogP contribution in [0.5, 0.6) is 0 Å². The van der Waals surface area contributed by atoms with Gasteiger partial charge in [-0.15, -0.1) is 0 Å². The number of rotatable bonds is 5. The van der Waals surface area contributed by atoms with Crippen LogP contribution >= 0.6 is 0 Å². The molecule has 1 aromatic heterocycles. The monoisotopic (exact) mass is 359 g/mol. The Kier molecular flexibility index (Phi) is 6.00. The third-order valence-corrected chi connectivity index (χ3v) is 3.72. The number of aryl methyl sites for hydroxylation is 1. The number of carbonyl (C=O) groups is 3. The first kappa shape index (κ1) is 19.0. The Morgan fingerprint density at radius 1 is 1.04 bits per heavy atom. The molecule has 0 aliphatic rings. The average molecular weight is 359 g/mol. The topological polar surface area (TPSA) is 110 Å². The van der Waals surface area contributed by atoms with E-state index in [1.165, 1.54) is 7.11 Å². The van der Waals surface area contributed by atoms with Crippen molar-refractivity contribution in [1.82, 2.24) is 4.98 Å². The maximum Gasteiger partial charge on any atom is 0.340 e. The van der Waals surface area contributed by atoms with Crippen molar-refractivity contribution in [2.24, 2.45) is 0 Å². The number of esters is 2. The highest BCUT2D eigenvalue weighted by molar-refractivity contribution is 6.02. The number of amides is 2. The molecule has 8 nitrogen and oxygen atoms in total. The smallest absolute Gasteiger partial charge is 0.340 e. The van der Waals surface area contributed by atoms with Crippen molar-refractivity contribution in [2.75, 3.05) is 24.4 Å². The SMILES string of the molecule is CCOC(=O)c1c(C)[nH]c(NC(=O)Nc2ccc(C(=O)OC)cc2)c1C. The van der Waals surface area contributed by atoms with Gasteiger partial charge in [-0.2, -0.15) is 0 Å². The Balaban J connectivity index is 2.07. The molecule has 3 N–H and O–H groups in total. The second-order valence-corrected chi connectivity index (χ2v) is 5.49. The fourth-order valence-electron chi connectivity index (χ4n) is 2.47. The van der Waals surface area contributed by atoms with Gasteiger partial charge in [-0.3, -0.25) is 5.32 Å². The third-order valence-electron chi connectivity index (χ3n) is 3.72. The van der Waals surface area contributed by atoms with Crippen molar-refractivity contribution in [3.8, 4) is 0 Å². The fourth-order valence-corrected chi connectivity index (χ4v) is 2.47. The van der Waals surface area contributed by atoms with Gasteiger partial charge in [-0.05, 0) is 45.0 Å². The van der Waals surface area contributed by atoms with Crippen molar-refractivity contribution in [3.05, 3.63) is 46.6 Å². The summed E-state index contributed by atoms with van der Waals surface area (Å²) >= 11 is 0. The molecule has 2 amide bonds. The summed E-state index contributed by atoms with van der Waals surface area (Å²) in [6, 6.07) is 5.77. The first-order chi connectivity index (χ1) is 12.4. The number of H-pyrrole nitrogens is 1. The van der Waals surface area contributed by atoms with Gasteiger partial charge >= 0.3 is 18.0 Å². The molecule has 26 heavy (non-hydrogen) atoms. The van der Waals surface area contributed by atoms with Crippen LogP contribution in [-0.2, 0) is 9.47 Å². The number of ether oxygens (including phenoxy) is 2. The summed E-state index contributed by atoms with van der Waals surface area (Å²) in [5.74, 6) is -0.482. The quantitative estimate of drug-likeness (QED) is 0.710. The minimum Gasteiger partial charge on any atom is -0.465 e. The third kappa shape index (κ3) is 4.21. The van der Waals surface area contributed by atoms with Crippen LogP contribution in [0.2, 0.25) is 0 Å². The first-order valence-electron chi connectivity index (χ1n) is 8.00. The lowest BCUT2D eigenvalue weighted by Crippen LogP contribution is -2.20. The lowest BCUT2D eigenvalue weighted by atomic mass is 10.1. The molecule has 0 fully saturated rings. The lowest BCUT2D eigenvalue weighted by molar-refractivity contribution is 0.0524. The van der Waals surface area contributed by atoms with E-state index in [0.29, 0.717) is 33.9 Å². The molecule has 2 aromatic rings. The lowest BCUT2D eigenvalue weighted by Gasteiger charge is -2.08. The Bertz CT molecular complexity index is 824. The Morgan fingerprint density at radius 3 is 2.27 bits per heavy atom. The van der Waals surface area contributed by atoms with E-state index in [1.54, 1.807) is 45.0 Å². The molecule has 1 aromatic carbocycles. The van der Waals surface area contributed by atoms with E-state index in [1.807, 2.05) is 0 Å². The summed E-state index contributed by atoms with van der Waals surface area (Å²) in [4.78, 5) is 38.5. The molecule has 0 saturated heterocycles. The molecule has 2 rings (SSSR count). The predicted octanol–water partition coefficient (Wildman–Crippen LogP) is 3.24. The van der Waals surface area contributed by atoms with Crippen molar-refractivity contribution < 1.29 is 23.9 Å². The summed E-state index contributed by atoms with van der Waals surface area (Å²) in [6.07, 6.45) is 0. The largest absolute Gasteiger partial charge is 0.465 e. The predicted molar refractivity (Wildman–Crippen MR) is 96.6 cm³/mol. The Labute approximate surface area is 150 Å². The number of aromatic amines is 1. The zero-order valence-electron chi connectivity index (χ0n) is 15.1. The van der Waals surface area contributed by atoms with Crippen molar-refractivity contribution in [1.29, 1.82) is 0 Å². The van der Waals surface area contributed by atoms with Crippen molar-refractivity contribution in [2.45, 2.75) is 20.8 Å². The van der Waals surface area contributed by atoms with Crippen LogP contribution in [0.15, 0.2) is 24.3 Å². The Morgan fingerprint density at radius 2 is 1.69 bits per heavy atom. The van der Waals surface area contributed by atoms with Gasteiger partial charge in [-0.25, -0.2) is 14.4 Å². The molecule has 0 atom stereocenters. The molecular weight excluding hydrogens is 338 g/mol. The molecule has 138 valence electrons. The van der Waals surface area contributed by atoms with Crippen LogP contribution in [0.25, 0.3) is 0 Å². The summed E-state index contributed by atoms with van der Waals surface area (Å²) in [7, 11) is 1.30. The number of benzene rings is 1. The fraction of sp³-hybridized carbons (Fsp3) is 0.278. The summed E-state index contributed by atoms with van der Waals surface area (Å²) in [5.41, 5.74) is 2.50. The van der Waals surface area contributed by atoms with E-state index in [-0.39, 0.29) is 6.61 Å². The molecule has 0 unspecified atom stereocenters. The molecule has 0 aliphatic heterocycles. The number of hydrogen-bond donors (Lipinski definition) is 3. The summed E-state index contributed by atoms with van der Waals surface area (Å²) in [5, 5.41) is 5.31. The zero-order valence-corrected chi connectivity index (χ0v) is 15.1. The molecule has 1 heterocycles. The number of urea groups is 1. The van der Waals surface area contributed by atoms with Gasteiger partial charge in [0.2, 0.25) is 0 Å². The molecule has 0 bridgehead atoms. The maximum absolute atomic E-state index is 12.2. The molecule has 8 heteroatoms. The van der Waals surface area contributed by atoms with E-state index < -0.39 is 18.0 Å². The van der Waals surface area contributed by atoms with Crippen LogP contribution in [-0.4, -0.2) is 36.7 Å². The van der Waals surface area contributed by atoms with E-state index in [2.05, 4.69) is 20.4 Å². The van der Waals surface area contributed by atoms with Gasteiger partial charge in [0, 0.05) is 16.9 Å². The normalized spacial score (nSPS) is 10.2. The van der Waals surface area contributed by atoms with Gasteiger partial charge in [0.25, 0.3) is 0 Å². The zero-order chi connectivity index (χ0) is 19.3. The van der Waals surface area contributed by atoms with Crippen LogP contribution < -0.4 is 10.6 Å². The van der Waals surface area contributed by atoms with Crippen LogP contribution in [0.4, 0.5) is 16.3 Å². The first-order valence-corrected chi connectivity index (χ1v) is 8.00. The van der Waals surface area contributed by atoms with Gasteiger partial charge in [0.15, 0.2) is 0 Å². The Hall–Kier alpha value is -3.29. The number of nitrogens with one attached hydrogen (secondary N) is 3. The van der Waals surface area contributed by atoms with E-state index >= 15 is 0 Å². The molecule has 0 saturated carbocycles. The second-order valence-electron chi connectivity index (χ2n) is 5.49. The second kappa shape index (κ2) is 8.19. The number of methoxy groups -OCH3 is 1. The number of carbonyl (C=O) groups excluding carboxylic acids is 3. The van der Waals surface area contributed by atoms with E-state index in [4.69, 9.17) is 4.74 Å². The van der Waals surface area contributed by atoms with Gasteiger partial charge in [0.05, 0.1) is 24.8 Å². The molecule has 0 aliphatic carbocycles. The standard InChI is InChI=1S/C18H21N3O5/c1-5-26-17(23)14-10(2)15(19-11(14)3)21-18(24)20-13-8-6-12(7-9-13)16(22)25-4/h6-9,19H,5H2,1-4H3,(H2,20,21,24). The molecular formula is C18H21N3O5. The highest BCUT2D eigenvalue weighted by Crippen LogP contribution is 2.23. The van der Waals surface area contributed by atoms with Gasteiger partial charge in [0.1, 0.15) is 5.82 Å². The molecule has 0 spiro atoms. The summed E-state index contributed by atoms with van der Waals surface area (Å²) < 4.78 is 9.64. The maximum atomic E-state index is 12.2. The van der Waals surface area contributed by atoms with Gasteiger partial charge < -0.3 is 19.8 Å². The van der Waals surface area contributed by atoms with Gasteiger partial charge in [-0.1, -0.05) is 0 Å². The highest BCUT2D eigenvalue weighted by atomic mass is 16.5. The average Bonchev–Trinajstić information content (AvgIpc) is 2.88. The molecule has 0 radical (unpaired) electrons. The highest BCUT2D eigenvalue weighted by Gasteiger charge is 2.20. The summed E-state index contributed by atoms with van der Waals surface area (Å²) in [6.45, 7) is 5.45. The van der Waals surface area contributed by atoms with Crippen molar-refractivity contribution >= 4 is 29.5 Å². The van der Waals surface area contributed by atoms with E-state index in [9.17, 15) is 14.4 Å². The van der Waals surface area contributed by atoms with Crippen LogP contribution in [0.1, 0.15) is 38.9 Å². The van der Waals surface area contributed by atoms with Crippen LogP contribution in [0, 0.1) is 13.8 Å². The minimum atomic E-state index is -0.490. The number of aromatic nitrogens is 1. The minimum absolute atomic E-state index is 0.272. The van der Waals surface area contributed by atoms with Crippen LogP contribution in [0.3, 0.4) is 0 Å².